The SMILES string of the molecule is CCOC(=O)[C@]1(CCCc2ccccc2)CCCN(C(=O)CSc2ccncc2)C1. The number of hydrogen-bond acceptors (Lipinski definition) is 5. The van der Waals surface area contributed by atoms with Crippen LogP contribution in [-0.4, -0.2) is 47.2 Å². The molecule has 160 valence electrons. The van der Waals surface area contributed by atoms with Crippen LogP contribution in [-0.2, 0) is 20.7 Å². The number of carbonyl (C=O) groups excluding carboxylic acids is 2. The Kier molecular flexibility index (Phi) is 8.31. The molecule has 0 bridgehead atoms. The van der Waals surface area contributed by atoms with Gasteiger partial charge in [0, 0.05) is 30.4 Å². The number of thioether (sulfide) groups is 1. The molecule has 0 spiro atoms. The number of aryl methyl sites for hydroxylation is 1. The summed E-state index contributed by atoms with van der Waals surface area (Å²) in [5.74, 6) is 0.290. The fourth-order valence-electron chi connectivity index (χ4n) is 4.05. The van der Waals surface area contributed by atoms with E-state index >= 15 is 0 Å². The highest BCUT2D eigenvalue weighted by atomic mass is 32.2. The van der Waals surface area contributed by atoms with Gasteiger partial charge >= 0.3 is 5.97 Å². The Morgan fingerprint density at radius 3 is 2.67 bits per heavy atom. The zero-order valence-corrected chi connectivity index (χ0v) is 18.4. The number of carbonyl (C=O) groups is 2. The molecule has 1 fully saturated rings. The highest BCUT2D eigenvalue weighted by molar-refractivity contribution is 8.00. The fourth-order valence-corrected chi connectivity index (χ4v) is 4.83. The van der Waals surface area contributed by atoms with Crippen LogP contribution in [0.2, 0.25) is 0 Å². The Morgan fingerprint density at radius 2 is 1.93 bits per heavy atom. The fraction of sp³-hybridized carbons (Fsp3) is 0.458. The summed E-state index contributed by atoms with van der Waals surface area (Å²) in [5.41, 5.74) is 0.675. The van der Waals surface area contributed by atoms with Crippen molar-refractivity contribution in [2.45, 2.75) is 43.9 Å². The topological polar surface area (TPSA) is 59.5 Å². The largest absolute Gasteiger partial charge is 0.466 e. The van der Waals surface area contributed by atoms with Crippen molar-refractivity contribution >= 4 is 23.6 Å². The van der Waals surface area contributed by atoms with E-state index in [2.05, 4.69) is 17.1 Å². The highest BCUT2D eigenvalue weighted by Gasteiger charge is 2.44. The normalized spacial score (nSPS) is 18.8. The van der Waals surface area contributed by atoms with Crippen LogP contribution >= 0.6 is 11.8 Å². The zero-order valence-electron chi connectivity index (χ0n) is 17.6. The van der Waals surface area contributed by atoms with Crippen molar-refractivity contribution in [2.75, 3.05) is 25.4 Å². The molecule has 1 aliphatic rings. The maximum Gasteiger partial charge on any atom is 0.313 e. The number of pyridine rings is 1. The van der Waals surface area contributed by atoms with Gasteiger partial charge < -0.3 is 9.64 Å². The quantitative estimate of drug-likeness (QED) is 0.440. The number of likely N-dealkylation sites (tertiary alicyclic amines) is 1. The average Bonchev–Trinajstić information content (AvgIpc) is 2.79. The second-order valence-electron chi connectivity index (χ2n) is 7.73. The number of amides is 1. The van der Waals surface area contributed by atoms with Gasteiger partial charge in [0.2, 0.25) is 5.91 Å². The van der Waals surface area contributed by atoms with Gasteiger partial charge in [-0.05, 0) is 56.7 Å². The van der Waals surface area contributed by atoms with Gasteiger partial charge in [-0.1, -0.05) is 30.3 Å². The first-order valence-electron chi connectivity index (χ1n) is 10.6. The minimum absolute atomic E-state index is 0.0771. The van der Waals surface area contributed by atoms with Gasteiger partial charge in [-0.25, -0.2) is 0 Å². The first-order valence-corrected chi connectivity index (χ1v) is 11.6. The summed E-state index contributed by atoms with van der Waals surface area (Å²) in [5, 5.41) is 0. The maximum absolute atomic E-state index is 12.9. The van der Waals surface area contributed by atoms with E-state index in [4.69, 9.17) is 4.74 Å². The lowest BCUT2D eigenvalue weighted by molar-refractivity contribution is -0.161. The van der Waals surface area contributed by atoms with Crippen LogP contribution in [0.4, 0.5) is 0 Å². The molecule has 1 aromatic carbocycles. The van der Waals surface area contributed by atoms with Gasteiger partial charge in [0.1, 0.15) is 0 Å². The van der Waals surface area contributed by atoms with Crippen LogP contribution in [0.3, 0.4) is 0 Å². The summed E-state index contributed by atoms with van der Waals surface area (Å²) in [4.78, 5) is 32.7. The van der Waals surface area contributed by atoms with Gasteiger partial charge in [0.25, 0.3) is 0 Å². The molecule has 0 saturated carbocycles. The van der Waals surface area contributed by atoms with E-state index in [1.165, 1.54) is 17.3 Å². The number of ether oxygens (including phenoxy) is 1. The van der Waals surface area contributed by atoms with Crippen molar-refractivity contribution in [1.29, 1.82) is 0 Å². The third-order valence-corrected chi connectivity index (χ3v) is 6.61. The summed E-state index contributed by atoms with van der Waals surface area (Å²) >= 11 is 1.51. The van der Waals surface area contributed by atoms with Crippen LogP contribution in [0, 0.1) is 5.41 Å². The number of esters is 1. The summed E-state index contributed by atoms with van der Waals surface area (Å²) < 4.78 is 5.46. The number of benzene rings is 1. The van der Waals surface area contributed by atoms with Crippen molar-refractivity contribution in [1.82, 2.24) is 9.88 Å². The lowest BCUT2D eigenvalue weighted by Gasteiger charge is -2.41. The monoisotopic (exact) mass is 426 g/mol. The number of aromatic nitrogens is 1. The lowest BCUT2D eigenvalue weighted by Crippen LogP contribution is -2.51. The molecule has 30 heavy (non-hydrogen) atoms. The van der Waals surface area contributed by atoms with Gasteiger partial charge in [-0.2, -0.15) is 0 Å². The lowest BCUT2D eigenvalue weighted by atomic mass is 9.75. The molecule has 2 aromatic rings. The Bertz CT molecular complexity index is 816. The number of hydrogen-bond donors (Lipinski definition) is 0. The minimum Gasteiger partial charge on any atom is -0.466 e. The summed E-state index contributed by atoms with van der Waals surface area (Å²) in [7, 11) is 0. The van der Waals surface area contributed by atoms with Gasteiger partial charge in [0.05, 0.1) is 17.8 Å². The molecule has 1 saturated heterocycles. The van der Waals surface area contributed by atoms with Crippen molar-refractivity contribution in [3.05, 3.63) is 60.4 Å². The molecule has 5 nitrogen and oxygen atoms in total. The minimum atomic E-state index is -0.597. The molecule has 2 heterocycles. The number of rotatable bonds is 9. The summed E-state index contributed by atoms with van der Waals surface area (Å²) in [6, 6.07) is 14.1. The van der Waals surface area contributed by atoms with Crippen LogP contribution in [0.1, 0.15) is 38.2 Å². The molecule has 1 atom stereocenters. The molecule has 1 aliphatic heterocycles. The molecular weight excluding hydrogens is 396 g/mol. The van der Waals surface area contributed by atoms with Crippen LogP contribution in [0.5, 0.6) is 0 Å². The third kappa shape index (κ3) is 6.08. The Morgan fingerprint density at radius 1 is 1.17 bits per heavy atom. The molecule has 0 N–H and O–H groups in total. The Balaban J connectivity index is 1.62. The molecule has 6 heteroatoms. The van der Waals surface area contributed by atoms with E-state index in [0.717, 1.165) is 37.0 Å². The molecule has 3 rings (SSSR count). The predicted octanol–water partition coefficient (Wildman–Crippen LogP) is 4.37. The standard InChI is InChI=1S/C24H30N2O3S/c1-2-29-23(28)24(13-6-10-20-8-4-3-5-9-20)14-7-17-26(19-24)22(27)18-30-21-11-15-25-16-12-21/h3-5,8-9,11-12,15-16H,2,6-7,10,13-14,17-19H2,1H3/t24-/m1/s1. The van der Waals surface area contributed by atoms with E-state index in [1.54, 1.807) is 12.4 Å². The Labute approximate surface area is 183 Å². The van der Waals surface area contributed by atoms with Crippen LogP contribution < -0.4 is 0 Å². The molecule has 0 radical (unpaired) electrons. The van der Waals surface area contributed by atoms with Gasteiger partial charge in [-0.3, -0.25) is 14.6 Å². The van der Waals surface area contributed by atoms with Crippen molar-refractivity contribution < 1.29 is 14.3 Å². The van der Waals surface area contributed by atoms with Crippen molar-refractivity contribution in [2.24, 2.45) is 5.41 Å². The van der Waals surface area contributed by atoms with Crippen molar-refractivity contribution in [3.8, 4) is 0 Å². The second-order valence-corrected chi connectivity index (χ2v) is 8.78. The van der Waals surface area contributed by atoms with E-state index in [0.29, 0.717) is 25.4 Å². The maximum atomic E-state index is 12.9. The zero-order chi connectivity index (χ0) is 21.2. The van der Waals surface area contributed by atoms with Crippen LogP contribution in [0.25, 0.3) is 0 Å². The van der Waals surface area contributed by atoms with Gasteiger partial charge in [0.15, 0.2) is 0 Å². The molecular formula is C24H30N2O3S. The first-order chi connectivity index (χ1) is 14.6. The first kappa shape index (κ1) is 22.3. The number of piperidine rings is 1. The van der Waals surface area contributed by atoms with Gasteiger partial charge in [-0.15, -0.1) is 11.8 Å². The van der Waals surface area contributed by atoms with E-state index < -0.39 is 5.41 Å². The third-order valence-electron chi connectivity index (χ3n) is 5.61. The van der Waals surface area contributed by atoms with Crippen molar-refractivity contribution in [3.63, 3.8) is 0 Å². The molecule has 0 aliphatic carbocycles. The smallest absolute Gasteiger partial charge is 0.313 e. The predicted molar refractivity (Wildman–Crippen MR) is 119 cm³/mol. The Hall–Kier alpha value is -2.34. The summed E-state index contributed by atoms with van der Waals surface area (Å²) in [6.45, 7) is 3.36. The number of nitrogens with zero attached hydrogens (tertiary/aromatic N) is 2. The molecule has 1 amide bonds. The molecule has 0 unspecified atom stereocenters. The van der Waals surface area contributed by atoms with E-state index in [-0.39, 0.29) is 11.9 Å². The highest BCUT2D eigenvalue weighted by Crippen LogP contribution is 2.37. The second kappa shape index (κ2) is 11.2. The summed E-state index contributed by atoms with van der Waals surface area (Å²) in [6.07, 6.45) is 7.63. The van der Waals surface area contributed by atoms with E-state index in [1.807, 2.05) is 42.2 Å². The molecule has 1 aromatic heterocycles. The van der Waals surface area contributed by atoms with Crippen LogP contribution in [0.15, 0.2) is 59.8 Å². The van der Waals surface area contributed by atoms with E-state index in [9.17, 15) is 9.59 Å². The average molecular weight is 427 g/mol.